The van der Waals surface area contributed by atoms with Crippen LogP contribution in [0.2, 0.25) is 0 Å². The number of likely N-dealkylation sites (tertiary alicyclic amines) is 16. The van der Waals surface area contributed by atoms with Crippen molar-refractivity contribution in [3.63, 3.8) is 0 Å². The van der Waals surface area contributed by atoms with Crippen LogP contribution in [0.3, 0.4) is 0 Å². The lowest BCUT2D eigenvalue weighted by Gasteiger charge is -2.55. The zero-order chi connectivity index (χ0) is 98.5. The molecule has 17 fully saturated rings. The van der Waals surface area contributed by atoms with E-state index in [1.54, 1.807) is 20.8 Å². The first kappa shape index (κ1) is 114. The number of aliphatic hydroxyl groups excluding tert-OH is 4. The number of ketones is 3. The van der Waals surface area contributed by atoms with Crippen molar-refractivity contribution in [3.05, 3.63) is 49.4 Å². The van der Waals surface area contributed by atoms with Crippen LogP contribution < -0.4 is 0 Å². The summed E-state index contributed by atoms with van der Waals surface area (Å²) in [4.78, 5) is 77.9. The second-order valence-corrected chi connectivity index (χ2v) is 48.8. The van der Waals surface area contributed by atoms with Crippen LogP contribution in [-0.4, -0.2) is 474 Å². The molecule has 0 aromatic heterocycles. The average molecular weight is 1880 g/mol. The Morgan fingerprint density at radius 2 is 0.530 bits per heavy atom. The highest BCUT2D eigenvalue weighted by Gasteiger charge is 2.52. The van der Waals surface area contributed by atoms with Crippen molar-refractivity contribution >= 4 is 17.3 Å². The van der Waals surface area contributed by atoms with Gasteiger partial charge in [-0.3, -0.25) is 73.2 Å². The third-order valence-corrected chi connectivity index (χ3v) is 34.6. The number of aliphatic hydroxyl groups is 4. The summed E-state index contributed by atoms with van der Waals surface area (Å²) >= 11 is 0. The van der Waals surface area contributed by atoms with E-state index < -0.39 is 0 Å². The molecular weight excluding hydrogens is 1670 g/mol. The topological polar surface area (TPSA) is 190 Å². The fourth-order valence-corrected chi connectivity index (χ4v) is 26.0. The summed E-state index contributed by atoms with van der Waals surface area (Å²) in [5.74, 6) is 3.73. The van der Waals surface area contributed by atoms with Crippen molar-refractivity contribution in [1.82, 2.24) is 88.2 Å². The maximum Gasteiger partial charge on any atom is 0.143 e. The first-order valence-electron chi connectivity index (χ1n) is 54.2. The van der Waals surface area contributed by atoms with Gasteiger partial charge in [0.25, 0.3) is 0 Å². The van der Waals surface area contributed by atoms with Crippen molar-refractivity contribution in [2.75, 3.05) is 281 Å². The highest BCUT2D eigenvalue weighted by atomic mass is 16.3. The summed E-state index contributed by atoms with van der Waals surface area (Å²) in [5, 5.41) is 36.6. The average Bonchev–Trinajstić information content (AvgIpc) is 1.63. The number of carbonyl (C=O) groups is 3. The minimum atomic E-state index is 0.295. The van der Waals surface area contributed by atoms with Crippen LogP contribution in [0.25, 0.3) is 0 Å². The second kappa shape index (κ2) is 52.1. The Balaban J connectivity index is 0.000000170. The molecule has 0 radical (unpaired) electrons. The van der Waals surface area contributed by atoms with E-state index >= 15 is 0 Å². The Labute approximate surface area is 820 Å². The third-order valence-electron chi connectivity index (χ3n) is 34.6. The number of fused-ring (bicyclic) bond motifs is 3. The lowest BCUT2D eigenvalue weighted by molar-refractivity contribution is -0.119. The van der Waals surface area contributed by atoms with Crippen molar-refractivity contribution in [1.29, 1.82) is 0 Å². The number of carbonyl (C=O) groups excluding carboxylic acids is 3. The molecule has 0 aromatic carbocycles. The minimum Gasteiger partial charge on any atom is -0.512 e. The molecule has 17 rings (SSSR count). The fraction of sp³-hybridized carbons (Fsp3) is 0.899. The van der Waals surface area contributed by atoms with Gasteiger partial charge in [-0.25, -0.2) is 0 Å². The van der Waals surface area contributed by atoms with Crippen LogP contribution in [0.4, 0.5) is 0 Å². The minimum absolute atomic E-state index is 0.295. The molecule has 4 N–H and O–H groups in total. The van der Waals surface area contributed by atoms with E-state index in [1.165, 1.54) is 227 Å². The van der Waals surface area contributed by atoms with Crippen LogP contribution in [0, 0.1) is 44.3 Å². The van der Waals surface area contributed by atoms with Crippen LogP contribution in [0.5, 0.6) is 0 Å². The fourth-order valence-electron chi connectivity index (χ4n) is 26.0. The Bertz CT molecular complexity index is 3510. The number of piperidine rings is 4. The zero-order valence-electron chi connectivity index (χ0n) is 90.5. The maximum atomic E-state index is 11.2. The van der Waals surface area contributed by atoms with Gasteiger partial charge in [0.05, 0.1) is 68.8 Å². The van der Waals surface area contributed by atoms with E-state index in [0.29, 0.717) is 161 Å². The molecule has 0 saturated carbocycles. The van der Waals surface area contributed by atoms with Gasteiger partial charge in [-0.2, -0.15) is 0 Å². The number of nitrogens with zero attached hydrogens (tertiary/aromatic N) is 18. The van der Waals surface area contributed by atoms with Crippen LogP contribution >= 0.6 is 0 Å². The van der Waals surface area contributed by atoms with Gasteiger partial charge in [0.15, 0.2) is 0 Å². The van der Waals surface area contributed by atoms with E-state index in [-0.39, 0.29) is 0 Å². The summed E-state index contributed by atoms with van der Waals surface area (Å²) in [6.45, 7) is 113. The van der Waals surface area contributed by atoms with E-state index in [0.717, 1.165) is 128 Å². The number of likely N-dealkylation sites (N-methyl/N-ethyl adjacent to an activating group) is 2. The zero-order valence-corrected chi connectivity index (χ0v) is 90.5. The van der Waals surface area contributed by atoms with Crippen molar-refractivity contribution in [2.24, 2.45) is 44.3 Å². The van der Waals surface area contributed by atoms with Crippen LogP contribution in [0.1, 0.15) is 243 Å². The molecule has 25 heteroatoms. The molecule has 4 atom stereocenters. The number of Topliss-reactive ketones (excluding diaryl/α,β-unsaturated/α-hetero) is 3. The quantitative estimate of drug-likeness (QED) is 0.0631. The molecule has 6 spiro atoms. The van der Waals surface area contributed by atoms with Crippen molar-refractivity contribution in [3.8, 4) is 0 Å². The third kappa shape index (κ3) is 34.4. The largest absolute Gasteiger partial charge is 0.512 e. The van der Waals surface area contributed by atoms with Crippen LogP contribution in [0.15, 0.2) is 49.4 Å². The Kier molecular flexibility index (Phi) is 44.3. The summed E-state index contributed by atoms with van der Waals surface area (Å²) in [5.41, 5.74) is 3.30. The number of piperazine rings is 2. The molecular formula is C109H206N18O7. The smallest absolute Gasteiger partial charge is 0.143 e. The lowest BCUT2D eigenvalue weighted by atomic mass is 9.71. The summed E-state index contributed by atoms with van der Waals surface area (Å²) in [7, 11) is 0. The lowest BCUT2D eigenvalue weighted by Crippen LogP contribution is -2.62. The predicted octanol–water partition coefficient (Wildman–Crippen LogP) is 13.3. The second-order valence-electron chi connectivity index (χ2n) is 48.8. The SMILES string of the molecule is C=C(O)CN1CC2(CCN(C(C)C)C2)C1.C=C(O)CN1CC2(CCN(C(C)C)CC2)C1.C=C(O)CN1CC2CN(C(C)C)CC2C1.C=C(O)CN1CCC2(CC1)CN(C(C)C)C2.CC(=O)CN1CCC2(C1)CN(C(C)C)C2.CC(=O)CN1CCC2(CC1)CCN(C(C)C)C2.CC(=O)CN1CCC2(CCN(C(C)C)CC2)C1.CCN1CC2CC1CN2C(C)C.CCN1CCN(C(C)C)CC1. The van der Waals surface area contributed by atoms with Gasteiger partial charge in [-0.15, -0.1) is 0 Å². The number of rotatable bonds is 25. The molecule has 4 unspecified atom stereocenters. The van der Waals surface area contributed by atoms with Gasteiger partial charge >= 0.3 is 0 Å². The van der Waals surface area contributed by atoms with Gasteiger partial charge in [0, 0.05) is 221 Å². The highest BCUT2D eigenvalue weighted by molar-refractivity contribution is 5.78. The monoisotopic (exact) mass is 1880 g/mol. The number of hydrogen-bond acceptors (Lipinski definition) is 25. The predicted molar refractivity (Wildman–Crippen MR) is 558 cm³/mol. The van der Waals surface area contributed by atoms with Crippen LogP contribution in [-0.2, 0) is 14.4 Å². The molecule has 17 aliphatic rings. The van der Waals surface area contributed by atoms with Gasteiger partial charge in [0.2, 0.25) is 0 Å². The highest BCUT2D eigenvalue weighted by Crippen LogP contribution is 2.47. The van der Waals surface area contributed by atoms with Gasteiger partial charge in [-0.1, -0.05) is 40.2 Å². The molecule has 17 aliphatic heterocycles. The Morgan fingerprint density at radius 3 is 0.896 bits per heavy atom. The first-order valence-corrected chi connectivity index (χ1v) is 54.2. The Hall–Kier alpha value is -3.55. The van der Waals surface area contributed by atoms with E-state index in [2.05, 4.69) is 253 Å². The molecule has 0 aromatic rings. The van der Waals surface area contributed by atoms with Crippen molar-refractivity contribution < 1.29 is 34.8 Å². The molecule has 2 bridgehead atoms. The molecule has 0 aliphatic carbocycles. The standard InChI is InChI=1S/2C14H26N2O.2C13H24N2O.3C12H22N2O.C10H20N2.C9H20N2/c1-12(2)16-8-5-14(6-9-16)4-7-15(11-14)10-13(3)17;1-12(2)16-9-6-14(11-16)4-7-15(8-5-14)10-13(3)17;1-11(2)15-6-4-13(5-7-15)9-14(10-13)8-12(3)16;1-11(2)15-9-13(10-15)4-6-14(7-5-13)8-12(3)16;1-9(2)14-7-11-5-13(4-10(3)15)6-12(11)8-14;1-10(2)14-5-4-12(9-14)7-13(8-12)6-11(3)15;1-10(2)14-8-12(9-14)4-5-13(7-12)6-11(3)15;1-4-11-6-10-5-9(11)7-12(10)8(2)3;1-4-10-5-7-11(8-6-10)9(2)3/h2*12H,4-11H2,1-3H3;2*11,16H,3-10H2,1-2H3;9,11-12,15H,3-8H2,1-2H3;10,15H,3-9H2,1-2H3;10H,4-9H2,1-3H3;8-10H,4-7H2,1-3H3;9H,4-8H2,1-3H3. The normalized spacial score (nSPS) is 27.4. The van der Waals surface area contributed by atoms with E-state index in [1.807, 2.05) is 0 Å². The van der Waals surface area contributed by atoms with Gasteiger partial charge in [-0.05, 0) is 354 Å². The summed E-state index contributed by atoms with van der Waals surface area (Å²) in [6.07, 6.45) is 17.1. The molecule has 17 heterocycles. The molecule has 134 heavy (non-hydrogen) atoms. The molecule has 774 valence electrons. The summed E-state index contributed by atoms with van der Waals surface area (Å²) in [6, 6.07) is 8.00. The molecule has 17 saturated heterocycles. The van der Waals surface area contributed by atoms with E-state index in [9.17, 15) is 19.5 Å². The Morgan fingerprint density at radius 1 is 0.254 bits per heavy atom. The maximum absolute atomic E-state index is 11.2. The number of hydrogen-bond donors (Lipinski definition) is 4. The van der Waals surface area contributed by atoms with Crippen molar-refractivity contribution in [2.45, 2.75) is 309 Å². The van der Waals surface area contributed by atoms with E-state index in [4.69, 9.17) is 15.3 Å². The molecule has 0 amide bonds. The summed E-state index contributed by atoms with van der Waals surface area (Å²) < 4.78 is 0. The molecule has 25 nitrogen and oxygen atoms in total. The van der Waals surface area contributed by atoms with Gasteiger partial charge in [0.1, 0.15) is 17.3 Å². The first-order chi connectivity index (χ1) is 63.1. The van der Waals surface area contributed by atoms with Gasteiger partial charge < -0.3 is 49.8 Å².